The molecule has 3 aromatic rings. The van der Waals surface area contributed by atoms with Crippen LogP contribution in [0.5, 0.6) is 0 Å². The number of carbonyl (C=O) groups is 1. The fourth-order valence-electron chi connectivity index (χ4n) is 3.26. The van der Waals surface area contributed by atoms with Crippen molar-refractivity contribution in [2.75, 3.05) is 13.1 Å². The minimum Gasteiger partial charge on any atom is -0.368 e. The van der Waals surface area contributed by atoms with Crippen LogP contribution in [0.15, 0.2) is 67.3 Å². The summed E-state index contributed by atoms with van der Waals surface area (Å²) in [6.07, 6.45) is 8.57. The van der Waals surface area contributed by atoms with Crippen molar-refractivity contribution in [2.24, 2.45) is 5.73 Å². The smallest absolute Gasteiger partial charge is 0.239 e. The molecule has 0 saturated heterocycles. The molecule has 29 heavy (non-hydrogen) atoms. The van der Waals surface area contributed by atoms with Crippen LogP contribution in [0.3, 0.4) is 0 Å². The summed E-state index contributed by atoms with van der Waals surface area (Å²) in [5, 5.41) is 0.973. The third-order valence-corrected chi connectivity index (χ3v) is 5.29. The van der Waals surface area contributed by atoms with Gasteiger partial charge >= 0.3 is 0 Å². The number of halogens is 2. The Hall–Kier alpha value is -2.47. The molecule has 1 amide bonds. The van der Waals surface area contributed by atoms with Gasteiger partial charge in [0.15, 0.2) is 0 Å². The van der Waals surface area contributed by atoms with Crippen LogP contribution in [0.25, 0.3) is 0 Å². The van der Waals surface area contributed by atoms with E-state index in [4.69, 9.17) is 28.9 Å². The topological polar surface area (TPSA) is 72.1 Å². The highest BCUT2D eigenvalue weighted by molar-refractivity contribution is 6.33. The Balaban J connectivity index is 1.87. The number of nitrogens with two attached hydrogens (primary N) is 1. The van der Waals surface area contributed by atoms with Crippen molar-refractivity contribution in [2.45, 2.75) is 18.9 Å². The fraction of sp³-hybridized carbons (Fsp3) is 0.227. The number of carbonyl (C=O) groups excluding carboxylic acids is 1. The Labute approximate surface area is 180 Å². The molecule has 0 saturated carbocycles. The molecule has 2 heterocycles. The van der Waals surface area contributed by atoms with E-state index in [1.54, 1.807) is 30.6 Å². The second kappa shape index (κ2) is 10.3. The summed E-state index contributed by atoms with van der Waals surface area (Å²) < 4.78 is 0. The molecule has 0 aliphatic heterocycles. The number of nitrogens with zero attached hydrogens (tertiary/aromatic N) is 3. The first-order valence-corrected chi connectivity index (χ1v) is 10.1. The molecule has 7 heteroatoms. The number of aromatic nitrogens is 2. The highest BCUT2D eigenvalue weighted by Crippen LogP contribution is 2.30. The highest BCUT2D eigenvalue weighted by Gasteiger charge is 2.27. The number of amides is 1. The van der Waals surface area contributed by atoms with Crippen molar-refractivity contribution in [3.63, 3.8) is 0 Å². The zero-order chi connectivity index (χ0) is 20.6. The van der Waals surface area contributed by atoms with Gasteiger partial charge in [-0.05, 0) is 59.9 Å². The van der Waals surface area contributed by atoms with Gasteiger partial charge < -0.3 is 5.73 Å². The highest BCUT2D eigenvalue weighted by atomic mass is 35.5. The lowest BCUT2D eigenvalue weighted by atomic mass is 10.0. The Kier molecular flexibility index (Phi) is 7.58. The molecular formula is C22H22Cl2N4O. The predicted octanol–water partition coefficient (Wildman–Crippen LogP) is 4.10. The van der Waals surface area contributed by atoms with Crippen molar-refractivity contribution in [3.8, 4) is 0 Å². The maximum absolute atomic E-state index is 12.5. The molecule has 0 spiro atoms. The summed E-state index contributed by atoms with van der Waals surface area (Å²) in [7, 11) is 0. The van der Waals surface area contributed by atoms with Crippen molar-refractivity contribution in [3.05, 3.63) is 94.0 Å². The number of benzene rings is 1. The summed E-state index contributed by atoms with van der Waals surface area (Å²) in [6.45, 7) is 1.23. The Bertz CT molecular complexity index is 895. The van der Waals surface area contributed by atoms with E-state index in [1.807, 2.05) is 41.6 Å². The van der Waals surface area contributed by atoms with E-state index in [-0.39, 0.29) is 0 Å². The molecular weight excluding hydrogens is 407 g/mol. The van der Waals surface area contributed by atoms with E-state index in [9.17, 15) is 4.79 Å². The molecule has 150 valence electrons. The predicted molar refractivity (Wildman–Crippen MR) is 116 cm³/mol. The SMILES string of the molecule is NC(=O)C(c1cc(Cl)ccc1Cl)N(CCc1cccnc1)CCc1cccnc1. The molecule has 2 N–H and O–H groups in total. The van der Waals surface area contributed by atoms with E-state index in [0.717, 1.165) is 24.0 Å². The summed E-state index contributed by atoms with van der Waals surface area (Å²) in [5.74, 6) is -0.466. The monoisotopic (exact) mass is 428 g/mol. The van der Waals surface area contributed by atoms with E-state index in [1.165, 1.54) is 0 Å². The zero-order valence-electron chi connectivity index (χ0n) is 15.8. The van der Waals surface area contributed by atoms with Crippen molar-refractivity contribution in [1.82, 2.24) is 14.9 Å². The van der Waals surface area contributed by atoms with Gasteiger partial charge in [0.25, 0.3) is 0 Å². The summed E-state index contributed by atoms with van der Waals surface area (Å²) in [6, 6.07) is 12.2. The first-order valence-electron chi connectivity index (χ1n) is 9.30. The first kappa shape index (κ1) is 21.2. The normalized spacial score (nSPS) is 12.1. The molecule has 0 fully saturated rings. The van der Waals surface area contributed by atoms with Crippen LogP contribution in [0, 0.1) is 0 Å². The maximum Gasteiger partial charge on any atom is 0.239 e. The van der Waals surface area contributed by atoms with Crippen LogP contribution >= 0.6 is 23.2 Å². The van der Waals surface area contributed by atoms with Gasteiger partial charge in [-0.1, -0.05) is 35.3 Å². The average Bonchev–Trinajstić information content (AvgIpc) is 2.73. The maximum atomic E-state index is 12.5. The molecule has 5 nitrogen and oxygen atoms in total. The molecule has 0 aliphatic rings. The van der Waals surface area contributed by atoms with Crippen molar-refractivity contribution < 1.29 is 4.79 Å². The second-order valence-electron chi connectivity index (χ2n) is 6.73. The van der Waals surface area contributed by atoms with Gasteiger partial charge in [-0.25, -0.2) is 0 Å². The van der Waals surface area contributed by atoms with E-state index >= 15 is 0 Å². The standard InChI is InChI=1S/C22H22Cl2N4O/c23-18-5-6-20(24)19(13-18)21(22(25)29)28(11-7-16-3-1-9-26-14-16)12-8-17-4-2-10-27-15-17/h1-6,9-10,13-15,21H,7-8,11-12H2,(H2,25,29). The lowest BCUT2D eigenvalue weighted by Crippen LogP contribution is -2.40. The number of pyridine rings is 2. The lowest BCUT2D eigenvalue weighted by Gasteiger charge is -2.30. The Morgan fingerprint density at radius 3 is 2.03 bits per heavy atom. The van der Waals surface area contributed by atoms with Crippen LogP contribution in [0.2, 0.25) is 10.0 Å². The second-order valence-corrected chi connectivity index (χ2v) is 7.57. The van der Waals surface area contributed by atoms with Crippen LogP contribution in [-0.4, -0.2) is 33.9 Å². The molecule has 0 radical (unpaired) electrons. The van der Waals surface area contributed by atoms with Crippen molar-refractivity contribution in [1.29, 1.82) is 0 Å². The third kappa shape index (κ3) is 6.00. The van der Waals surface area contributed by atoms with Crippen LogP contribution in [0.4, 0.5) is 0 Å². The molecule has 1 atom stereocenters. The molecule has 1 unspecified atom stereocenters. The summed E-state index contributed by atoms with van der Waals surface area (Å²) in [5.41, 5.74) is 8.60. The van der Waals surface area contributed by atoms with Gasteiger partial charge in [-0.2, -0.15) is 0 Å². The number of rotatable bonds is 9. The number of hydrogen-bond acceptors (Lipinski definition) is 4. The van der Waals surface area contributed by atoms with Gasteiger partial charge in [-0.15, -0.1) is 0 Å². The van der Waals surface area contributed by atoms with Crippen LogP contribution in [-0.2, 0) is 17.6 Å². The number of primary amides is 1. The zero-order valence-corrected chi connectivity index (χ0v) is 17.4. The minimum absolute atomic E-state index is 0.464. The first-order chi connectivity index (χ1) is 14.0. The summed E-state index contributed by atoms with van der Waals surface area (Å²) in [4.78, 5) is 22.8. The van der Waals surface area contributed by atoms with Gasteiger partial charge in [0.1, 0.15) is 6.04 Å². The fourth-order valence-corrected chi connectivity index (χ4v) is 3.66. The van der Waals surface area contributed by atoms with Gasteiger partial charge in [0.05, 0.1) is 0 Å². The van der Waals surface area contributed by atoms with Gasteiger partial charge in [0, 0.05) is 47.9 Å². The minimum atomic E-state index is -0.686. The molecule has 1 aromatic carbocycles. The largest absolute Gasteiger partial charge is 0.368 e. The molecule has 3 rings (SSSR count). The van der Waals surface area contributed by atoms with E-state index < -0.39 is 11.9 Å². The number of hydrogen-bond donors (Lipinski definition) is 1. The van der Waals surface area contributed by atoms with Crippen LogP contribution in [0.1, 0.15) is 22.7 Å². The van der Waals surface area contributed by atoms with Crippen LogP contribution < -0.4 is 5.73 Å². The van der Waals surface area contributed by atoms with Gasteiger partial charge in [-0.3, -0.25) is 19.7 Å². The molecule has 0 bridgehead atoms. The Morgan fingerprint density at radius 1 is 0.966 bits per heavy atom. The van der Waals surface area contributed by atoms with E-state index in [2.05, 4.69) is 9.97 Å². The molecule has 2 aromatic heterocycles. The third-order valence-electron chi connectivity index (χ3n) is 4.71. The quantitative estimate of drug-likeness (QED) is 0.556. The lowest BCUT2D eigenvalue weighted by molar-refractivity contribution is -0.123. The Morgan fingerprint density at radius 2 is 1.55 bits per heavy atom. The average molecular weight is 429 g/mol. The van der Waals surface area contributed by atoms with Gasteiger partial charge in [0.2, 0.25) is 5.91 Å². The van der Waals surface area contributed by atoms with Crippen molar-refractivity contribution >= 4 is 29.1 Å². The molecule has 0 aliphatic carbocycles. The van der Waals surface area contributed by atoms with E-state index in [0.29, 0.717) is 28.7 Å². The summed E-state index contributed by atoms with van der Waals surface area (Å²) >= 11 is 12.6.